The molecule has 0 aromatic heterocycles. The quantitative estimate of drug-likeness (QED) is 0.158. The number of hydrogen-bond acceptors (Lipinski definition) is 10. The highest BCUT2D eigenvalue weighted by Crippen LogP contribution is 2.48. The SMILES string of the molecule is BC1O[C@H](COP(=O)(O)OC2C(O)[C@H](B)O[C@@H]2COP(=O)(O)O)C(O)[C@@H]1O. The lowest BCUT2D eigenvalue weighted by atomic mass is 9.93. The molecule has 2 fully saturated rings. The minimum absolute atomic E-state index is 0.584. The standard InChI is InChI=1S/C10H22B2O13P2/c11-9-6(14)5(13)3(23-9)1-22-27(19,20)25-8-4(2-21-26(16,17)18)24-10(12)7(8)15/h3-10,13-15H,1-2,11-12H2,(H,19,20)(H2,16,17,18)/t3-,4-,5?,6+,7?,8?,9?,10-/m1/s1. The Balaban J connectivity index is 1.95. The van der Waals surface area contributed by atoms with Crippen LogP contribution >= 0.6 is 15.6 Å². The third kappa shape index (κ3) is 6.31. The molecule has 17 heteroatoms. The summed E-state index contributed by atoms with van der Waals surface area (Å²) in [6, 6.07) is -1.57. The van der Waals surface area contributed by atoms with E-state index >= 15 is 0 Å². The van der Waals surface area contributed by atoms with Gasteiger partial charge in [-0.3, -0.25) is 13.6 Å². The van der Waals surface area contributed by atoms with Crippen LogP contribution in [0.1, 0.15) is 0 Å². The number of aliphatic hydroxyl groups is 3. The molecule has 0 bridgehead atoms. The molecule has 0 amide bonds. The van der Waals surface area contributed by atoms with Gasteiger partial charge in [0.2, 0.25) is 0 Å². The average molecular weight is 434 g/mol. The van der Waals surface area contributed by atoms with Crippen LogP contribution in [0, 0.1) is 0 Å². The molecule has 0 aromatic carbocycles. The van der Waals surface area contributed by atoms with Gasteiger partial charge in [-0.05, 0) is 0 Å². The van der Waals surface area contributed by atoms with Crippen LogP contribution in [0.4, 0.5) is 0 Å². The number of phosphoric acid groups is 2. The number of hydrogen-bond donors (Lipinski definition) is 6. The number of rotatable bonds is 8. The molecule has 2 heterocycles. The molecule has 5 unspecified atom stereocenters. The zero-order chi connectivity index (χ0) is 20.6. The highest BCUT2D eigenvalue weighted by molar-refractivity contribution is 7.47. The summed E-state index contributed by atoms with van der Waals surface area (Å²) in [4.78, 5) is 27.3. The van der Waals surface area contributed by atoms with Crippen molar-refractivity contribution in [1.82, 2.24) is 0 Å². The molecule has 2 rings (SSSR count). The van der Waals surface area contributed by atoms with E-state index in [0.717, 1.165) is 0 Å². The van der Waals surface area contributed by atoms with Crippen molar-refractivity contribution < 1.29 is 62.2 Å². The molecule has 9 atom stereocenters. The van der Waals surface area contributed by atoms with Gasteiger partial charge in [0.25, 0.3) is 0 Å². The number of phosphoric ester groups is 2. The Labute approximate surface area is 156 Å². The Morgan fingerprint density at radius 2 is 1.33 bits per heavy atom. The van der Waals surface area contributed by atoms with E-state index in [9.17, 15) is 29.3 Å². The second-order valence-corrected chi connectivity index (χ2v) is 9.00. The van der Waals surface area contributed by atoms with Crippen molar-refractivity contribution in [3.8, 4) is 0 Å². The lowest BCUT2D eigenvalue weighted by Gasteiger charge is -2.24. The molecule has 156 valence electrons. The van der Waals surface area contributed by atoms with Gasteiger partial charge in [-0.15, -0.1) is 0 Å². The molecule has 0 aromatic rings. The maximum Gasteiger partial charge on any atom is 0.472 e. The molecule has 0 saturated carbocycles. The summed E-state index contributed by atoms with van der Waals surface area (Å²) < 4.78 is 47.3. The fourth-order valence-electron chi connectivity index (χ4n) is 2.78. The summed E-state index contributed by atoms with van der Waals surface area (Å²) >= 11 is 0. The van der Waals surface area contributed by atoms with Gasteiger partial charge in [0.1, 0.15) is 52.3 Å². The van der Waals surface area contributed by atoms with Gasteiger partial charge < -0.3 is 39.5 Å². The first-order valence-electron chi connectivity index (χ1n) is 8.01. The molecule has 0 spiro atoms. The van der Waals surface area contributed by atoms with E-state index in [1.807, 2.05) is 0 Å². The Bertz CT molecular complexity index is 604. The van der Waals surface area contributed by atoms with Crippen molar-refractivity contribution in [3.63, 3.8) is 0 Å². The smallest absolute Gasteiger partial charge is 0.388 e. The predicted molar refractivity (Wildman–Crippen MR) is 91.1 cm³/mol. The van der Waals surface area contributed by atoms with Crippen molar-refractivity contribution in [1.29, 1.82) is 0 Å². The molecule has 13 nitrogen and oxygen atoms in total. The Hall–Kier alpha value is 0.150. The predicted octanol–water partition coefficient (Wildman–Crippen LogP) is -4.60. The van der Waals surface area contributed by atoms with E-state index < -0.39 is 77.5 Å². The first-order valence-corrected chi connectivity index (χ1v) is 11.0. The largest absolute Gasteiger partial charge is 0.472 e. The normalized spacial score (nSPS) is 42.3. The van der Waals surface area contributed by atoms with Crippen LogP contribution in [-0.2, 0) is 32.2 Å². The van der Waals surface area contributed by atoms with Gasteiger partial charge in [0.05, 0.1) is 25.2 Å². The molecular weight excluding hydrogens is 412 g/mol. The first kappa shape index (κ1) is 23.4. The van der Waals surface area contributed by atoms with Crippen molar-refractivity contribution in [2.45, 2.75) is 48.6 Å². The summed E-state index contributed by atoms with van der Waals surface area (Å²) in [5.41, 5.74) is 0. The van der Waals surface area contributed by atoms with Crippen LogP contribution < -0.4 is 0 Å². The summed E-state index contributed by atoms with van der Waals surface area (Å²) in [5.74, 6) is 0. The molecule has 0 radical (unpaired) electrons. The molecule has 27 heavy (non-hydrogen) atoms. The first-order chi connectivity index (χ1) is 12.3. The highest BCUT2D eigenvalue weighted by Gasteiger charge is 2.47. The fraction of sp³-hybridized carbons (Fsp3) is 1.00. The van der Waals surface area contributed by atoms with Crippen molar-refractivity contribution in [2.75, 3.05) is 13.2 Å². The van der Waals surface area contributed by atoms with Gasteiger partial charge in [0, 0.05) is 0 Å². The molecule has 2 aliphatic rings. The van der Waals surface area contributed by atoms with E-state index in [0.29, 0.717) is 0 Å². The van der Waals surface area contributed by atoms with Gasteiger partial charge in [-0.25, -0.2) is 9.13 Å². The topological polar surface area (TPSA) is 202 Å². The zero-order valence-electron chi connectivity index (χ0n) is 14.5. The number of aliphatic hydroxyl groups excluding tert-OH is 3. The minimum Gasteiger partial charge on any atom is -0.388 e. The Kier molecular flexibility index (Phi) is 7.71. The molecule has 0 aliphatic carbocycles. The van der Waals surface area contributed by atoms with Crippen LogP contribution in [-0.4, -0.2) is 108 Å². The van der Waals surface area contributed by atoms with E-state index in [-0.39, 0.29) is 0 Å². The lowest BCUT2D eigenvalue weighted by Crippen LogP contribution is -2.37. The second-order valence-electron chi connectivity index (χ2n) is 6.35. The summed E-state index contributed by atoms with van der Waals surface area (Å²) in [7, 11) is -6.69. The summed E-state index contributed by atoms with van der Waals surface area (Å²) in [6.07, 6.45) is -7.70. The highest BCUT2D eigenvalue weighted by atomic mass is 31.2. The van der Waals surface area contributed by atoms with Crippen molar-refractivity contribution in [3.05, 3.63) is 0 Å². The third-order valence-corrected chi connectivity index (χ3v) is 5.71. The third-order valence-electron chi connectivity index (χ3n) is 4.24. The van der Waals surface area contributed by atoms with Crippen LogP contribution in [0.25, 0.3) is 0 Å². The second kappa shape index (κ2) is 8.88. The van der Waals surface area contributed by atoms with E-state index in [1.165, 1.54) is 15.7 Å². The van der Waals surface area contributed by atoms with E-state index in [4.69, 9.17) is 28.3 Å². The Morgan fingerprint density at radius 3 is 1.85 bits per heavy atom. The Morgan fingerprint density at radius 1 is 0.815 bits per heavy atom. The monoisotopic (exact) mass is 434 g/mol. The van der Waals surface area contributed by atoms with Crippen LogP contribution in [0.2, 0.25) is 0 Å². The van der Waals surface area contributed by atoms with Gasteiger partial charge in [0.15, 0.2) is 0 Å². The van der Waals surface area contributed by atoms with Crippen LogP contribution in [0.3, 0.4) is 0 Å². The van der Waals surface area contributed by atoms with Crippen LogP contribution in [0.5, 0.6) is 0 Å². The van der Waals surface area contributed by atoms with E-state index in [1.54, 1.807) is 0 Å². The minimum atomic E-state index is -4.83. The molecule has 2 saturated heterocycles. The summed E-state index contributed by atoms with van der Waals surface area (Å²) in [6.45, 7) is -1.29. The van der Waals surface area contributed by atoms with Gasteiger partial charge in [-0.1, -0.05) is 0 Å². The van der Waals surface area contributed by atoms with Crippen molar-refractivity contribution >= 4 is 31.3 Å². The zero-order valence-corrected chi connectivity index (χ0v) is 16.3. The molecule has 2 aliphatic heterocycles. The maximum atomic E-state index is 12.1. The number of ether oxygens (including phenoxy) is 2. The fourth-order valence-corrected chi connectivity index (χ4v) is 4.09. The average Bonchev–Trinajstić information content (AvgIpc) is 2.95. The van der Waals surface area contributed by atoms with Gasteiger partial charge in [-0.2, -0.15) is 0 Å². The van der Waals surface area contributed by atoms with Crippen molar-refractivity contribution in [2.24, 2.45) is 0 Å². The summed E-state index contributed by atoms with van der Waals surface area (Å²) in [5, 5.41) is 29.4. The lowest BCUT2D eigenvalue weighted by molar-refractivity contribution is -0.0321. The maximum absolute atomic E-state index is 12.1. The van der Waals surface area contributed by atoms with Gasteiger partial charge >= 0.3 is 15.6 Å². The molecular formula is C10H22B2O13P2. The molecule has 6 N–H and O–H groups in total. The van der Waals surface area contributed by atoms with Crippen LogP contribution in [0.15, 0.2) is 0 Å². The van der Waals surface area contributed by atoms with E-state index in [2.05, 4.69) is 4.52 Å².